The monoisotopic (exact) mass is 484 g/mol. The molecule has 0 atom stereocenters. The number of benzene rings is 2. The second-order valence-corrected chi connectivity index (χ2v) is 10.3. The van der Waals surface area contributed by atoms with Crippen molar-refractivity contribution >= 4 is 15.8 Å². The van der Waals surface area contributed by atoms with Crippen molar-refractivity contribution < 1.29 is 17.5 Å². The quantitative estimate of drug-likeness (QED) is 0.531. The highest BCUT2D eigenvalue weighted by atomic mass is 32.2. The van der Waals surface area contributed by atoms with Crippen molar-refractivity contribution in [3.05, 3.63) is 77.0 Å². The van der Waals surface area contributed by atoms with Crippen LogP contribution in [0.5, 0.6) is 5.75 Å². The van der Waals surface area contributed by atoms with Crippen LogP contribution in [0.15, 0.2) is 53.4 Å². The fourth-order valence-corrected chi connectivity index (χ4v) is 5.75. The minimum Gasteiger partial charge on any atom is -0.497 e. The van der Waals surface area contributed by atoms with Gasteiger partial charge in [-0.2, -0.15) is 4.31 Å². The summed E-state index contributed by atoms with van der Waals surface area (Å²) in [6.07, 6.45) is 1.17. The van der Waals surface area contributed by atoms with E-state index < -0.39 is 10.0 Å². The fourth-order valence-electron chi connectivity index (χ4n) is 4.28. The Balaban J connectivity index is 1.58. The molecule has 9 heteroatoms. The van der Waals surface area contributed by atoms with Crippen LogP contribution in [0.4, 0.5) is 10.2 Å². The van der Waals surface area contributed by atoms with Crippen LogP contribution >= 0.6 is 0 Å². The molecule has 0 bridgehead atoms. The van der Waals surface area contributed by atoms with E-state index >= 15 is 0 Å². The third-order valence-electron chi connectivity index (χ3n) is 6.03. The zero-order chi connectivity index (χ0) is 24.3. The molecule has 1 saturated heterocycles. The predicted octanol–water partition coefficient (Wildman–Crippen LogP) is 3.73. The molecule has 0 radical (unpaired) electrons. The van der Waals surface area contributed by atoms with Crippen LogP contribution in [0.25, 0.3) is 0 Å². The third kappa shape index (κ3) is 5.20. The molecule has 2 heterocycles. The number of nitrogens with zero attached hydrogens (tertiary/aromatic N) is 4. The summed E-state index contributed by atoms with van der Waals surface area (Å²) in [7, 11) is -2.07. The Morgan fingerprint density at radius 3 is 2.47 bits per heavy atom. The second-order valence-electron chi connectivity index (χ2n) is 8.39. The first kappa shape index (κ1) is 24.1. The fraction of sp³-hybridized carbons (Fsp3) is 0.360. The molecular formula is C25H29FN4O3S. The number of sulfonamides is 1. The van der Waals surface area contributed by atoms with Gasteiger partial charge in [-0.3, -0.25) is 0 Å². The number of aryl methyl sites for hydroxylation is 2. The van der Waals surface area contributed by atoms with E-state index in [0.717, 1.165) is 22.6 Å². The SMILES string of the molecule is COc1ccc(S(=O)(=O)N2CCCN(c3nc(C)nc(C)c3Cc3cccc(F)c3)CC2)cc1. The van der Waals surface area contributed by atoms with Crippen molar-refractivity contribution in [2.45, 2.75) is 31.6 Å². The summed E-state index contributed by atoms with van der Waals surface area (Å²) in [5.74, 6) is 1.78. The minimum absolute atomic E-state index is 0.252. The molecule has 180 valence electrons. The van der Waals surface area contributed by atoms with Crippen molar-refractivity contribution in [1.29, 1.82) is 0 Å². The topological polar surface area (TPSA) is 75.6 Å². The summed E-state index contributed by atoms with van der Waals surface area (Å²) in [4.78, 5) is 11.6. The van der Waals surface area contributed by atoms with Crippen molar-refractivity contribution in [3.63, 3.8) is 0 Å². The molecule has 0 unspecified atom stereocenters. The number of aromatic nitrogens is 2. The van der Waals surface area contributed by atoms with E-state index in [-0.39, 0.29) is 10.7 Å². The number of hydrogen-bond donors (Lipinski definition) is 0. The average Bonchev–Trinajstić information content (AvgIpc) is 3.08. The van der Waals surface area contributed by atoms with E-state index in [4.69, 9.17) is 9.72 Å². The number of hydrogen-bond acceptors (Lipinski definition) is 6. The molecule has 7 nitrogen and oxygen atoms in total. The van der Waals surface area contributed by atoms with Crippen molar-refractivity contribution in [3.8, 4) is 5.75 Å². The molecule has 4 rings (SSSR count). The van der Waals surface area contributed by atoms with E-state index in [1.54, 1.807) is 37.4 Å². The van der Waals surface area contributed by atoms with E-state index in [1.165, 1.54) is 16.4 Å². The lowest BCUT2D eigenvalue weighted by molar-refractivity contribution is 0.413. The van der Waals surface area contributed by atoms with E-state index in [9.17, 15) is 12.8 Å². The Kier molecular flexibility index (Phi) is 7.13. The summed E-state index contributed by atoms with van der Waals surface area (Å²) in [6, 6.07) is 13.0. The molecule has 3 aromatic rings. The molecule has 0 saturated carbocycles. The van der Waals surface area contributed by atoms with Gasteiger partial charge in [0.15, 0.2) is 0 Å². The zero-order valence-corrected chi connectivity index (χ0v) is 20.5. The number of ether oxygens (including phenoxy) is 1. The van der Waals surface area contributed by atoms with Gasteiger partial charge in [0.25, 0.3) is 0 Å². The third-order valence-corrected chi connectivity index (χ3v) is 7.94. The summed E-state index contributed by atoms with van der Waals surface area (Å²) in [5, 5.41) is 0. The average molecular weight is 485 g/mol. The molecule has 0 spiro atoms. The molecule has 1 aromatic heterocycles. The highest BCUT2D eigenvalue weighted by molar-refractivity contribution is 7.89. The molecule has 0 aliphatic carbocycles. The highest BCUT2D eigenvalue weighted by Gasteiger charge is 2.28. The van der Waals surface area contributed by atoms with Gasteiger partial charge in [-0.1, -0.05) is 12.1 Å². The lowest BCUT2D eigenvalue weighted by Gasteiger charge is -2.26. The number of halogens is 1. The van der Waals surface area contributed by atoms with Crippen LogP contribution in [0.3, 0.4) is 0 Å². The van der Waals surface area contributed by atoms with Crippen LogP contribution in [0.1, 0.15) is 29.1 Å². The summed E-state index contributed by atoms with van der Waals surface area (Å²) < 4.78 is 46.9. The van der Waals surface area contributed by atoms with Crippen LogP contribution in [-0.2, 0) is 16.4 Å². The number of methoxy groups -OCH3 is 1. The maximum Gasteiger partial charge on any atom is 0.243 e. The van der Waals surface area contributed by atoms with Crippen LogP contribution in [0, 0.1) is 19.7 Å². The van der Waals surface area contributed by atoms with Gasteiger partial charge in [0.05, 0.1) is 12.0 Å². The Hall–Kier alpha value is -3.04. The summed E-state index contributed by atoms with van der Waals surface area (Å²) in [6.45, 7) is 5.72. The maximum atomic E-state index is 13.8. The standard InChI is InChI=1S/C25H29FN4O3S/c1-18-24(17-20-6-4-7-21(26)16-20)25(28-19(2)27-18)29-12-5-13-30(15-14-29)34(31,32)23-10-8-22(33-3)9-11-23/h4,6-11,16H,5,12-15,17H2,1-3H3. The second kappa shape index (κ2) is 10.1. The van der Waals surface area contributed by atoms with Gasteiger partial charge < -0.3 is 9.64 Å². The normalized spacial score (nSPS) is 15.2. The maximum absolute atomic E-state index is 13.8. The van der Waals surface area contributed by atoms with Gasteiger partial charge >= 0.3 is 0 Å². The Bertz CT molecular complexity index is 1270. The molecule has 34 heavy (non-hydrogen) atoms. The van der Waals surface area contributed by atoms with Crippen molar-refractivity contribution in [2.24, 2.45) is 0 Å². The predicted molar refractivity (Wildman–Crippen MR) is 129 cm³/mol. The molecular weight excluding hydrogens is 455 g/mol. The molecule has 1 aliphatic rings. The summed E-state index contributed by atoms with van der Waals surface area (Å²) >= 11 is 0. The van der Waals surface area contributed by atoms with Gasteiger partial charge in [0.1, 0.15) is 23.2 Å². The van der Waals surface area contributed by atoms with Gasteiger partial charge in [-0.25, -0.2) is 22.8 Å². The summed E-state index contributed by atoms with van der Waals surface area (Å²) in [5.41, 5.74) is 2.62. The van der Waals surface area contributed by atoms with Crippen LogP contribution in [0.2, 0.25) is 0 Å². The van der Waals surface area contributed by atoms with E-state index in [1.807, 2.05) is 19.9 Å². The van der Waals surface area contributed by atoms with Crippen LogP contribution in [-0.4, -0.2) is 56.0 Å². The lowest BCUT2D eigenvalue weighted by atomic mass is 10.0. The largest absolute Gasteiger partial charge is 0.497 e. The molecule has 2 aromatic carbocycles. The number of anilines is 1. The van der Waals surface area contributed by atoms with Crippen LogP contribution < -0.4 is 9.64 Å². The molecule has 1 aliphatic heterocycles. The minimum atomic E-state index is -3.62. The molecule has 0 N–H and O–H groups in total. The van der Waals surface area contributed by atoms with E-state index in [2.05, 4.69) is 9.88 Å². The van der Waals surface area contributed by atoms with Gasteiger partial charge in [0, 0.05) is 43.9 Å². The molecule has 1 fully saturated rings. The number of rotatable bonds is 6. The van der Waals surface area contributed by atoms with Gasteiger partial charge in [-0.15, -0.1) is 0 Å². The first-order chi connectivity index (χ1) is 16.3. The zero-order valence-electron chi connectivity index (χ0n) is 19.7. The van der Waals surface area contributed by atoms with E-state index in [0.29, 0.717) is 50.6 Å². The van der Waals surface area contributed by atoms with Gasteiger partial charge in [0.2, 0.25) is 10.0 Å². The first-order valence-corrected chi connectivity index (χ1v) is 12.7. The highest BCUT2D eigenvalue weighted by Crippen LogP contribution is 2.27. The first-order valence-electron chi connectivity index (χ1n) is 11.3. The Morgan fingerprint density at radius 2 is 1.76 bits per heavy atom. The Labute approximate surface area is 200 Å². The Morgan fingerprint density at radius 1 is 1.00 bits per heavy atom. The van der Waals surface area contributed by atoms with Crippen molar-refractivity contribution in [2.75, 3.05) is 38.2 Å². The van der Waals surface area contributed by atoms with Gasteiger partial charge in [-0.05, 0) is 62.2 Å². The molecule has 0 amide bonds. The van der Waals surface area contributed by atoms with Crippen molar-refractivity contribution in [1.82, 2.24) is 14.3 Å². The smallest absolute Gasteiger partial charge is 0.243 e. The lowest BCUT2D eigenvalue weighted by Crippen LogP contribution is -2.35.